The summed E-state index contributed by atoms with van der Waals surface area (Å²) in [6.07, 6.45) is 3.52. The molecule has 0 aliphatic carbocycles. The molecule has 8 nitrogen and oxygen atoms in total. The molecule has 42 heavy (non-hydrogen) atoms. The third-order valence-corrected chi connectivity index (χ3v) is 9.19. The van der Waals surface area contributed by atoms with Gasteiger partial charge in [-0.25, -0.2) is 12.8 Å². The predicted octanol–water partition coefficient (Wildman–Crippen LogP) is 5.48. The van der Waals surface area contributed by atoms with Gasteiger partial charge in [0.15, 0.2) is 0 Å². The first-order valence-electron chi connectivity index (χ1n) is 13.8. The zero-order valence-electron chi connectivity index (χ0n) is 24.4. The van der Waals surface area contributed by atoms with Gasteiger partial charge in [-0.15, -0.1) is 11.8 Å². The average Bonchev–Trinajstić information content (AvgIpc) is 2.99. The number of anilines is 1. The molecule has 0 heterocycles. The molecular weight excluding hydrogens is 577 g/mol. The molecule has 0 bridgehead atoms. The highest BCUT2D eigenvalue weighted by Gasteiger charge is 2.33. The summed E-state index contributed by atoms with van der Waals surface area (Å²) in [5.74, 6) is -1.04. The number of benzene rings is 3. The van der Waals surface area contributed by atoms with Crippen molar-refractivity contribution < 1.29 is 27.1 Å². The molecule has 0 radical (unpaired) electrons. The zero-order valence-corrected chi connectivity index (χ0v) is 26.0. The largest absolute Gasteiger partial charge is 0.494 e. The molecule has 0 saturated carbocycles. The number of hydrogen-bond donors (Lipinski definition) is 1. The fourth-order valence-electron chi connectivity index (χ4n) is 4.21. The van der Waals surface area contributed by atoms with E-state index in [2.05, 4.69) is 5.32 Å². The van der Waals surface area contributed by atoms with Crippen LogP contribution < -0.4 is 14.4 Å². The predicted molar refractivity (Wildman–Crippen MR) is 165 cm³/mol. The number of thioether (sulfide) groups is 1. The van der Waals surface area contributed by atoms with Crippen molar-refractivity contribution in [1.29, 1.82) is 0 Å². The maximum Gasteiger partial charge on any atom is 0.264 e. The number of nitrogens with one attached hydrogen (secondary N) is 1. The van der Waals surface area contributed by atoms with Gasteiger partial charge in [-0.2, -0.15) is 0 Å². The van der Waals surface area contributed by atoms with E-state index >= 15 is 0 Å². The highest BCUT2D eigenvalue weighted by molar-refractivity contribution is 7.98. The quantitative estimate of drug-likeness (QED) is 0.180. The van der Waals surface area contributed by atoms with Gasteiger partial charge in [0.1, 0.15) is 24.2 Å². The summed E-state index contributed by atoms with van der Waals surface area (Å²) < 4.78 is 49.1. The van der Waals surface area contributed by atoms with Crippen molar-refractivity contribution >= 4 is 39.3 Å². The lowest BCUT2D eigenvalue weighted by Gasteiger charge is -2.32. The number of carbonyl (C=O) groups is 2. The van der Waals surface area contributed by atoms with E-state index in [1.54, 1.807) is 49.4 Å². The second kappa shape index (κ2) is 15.6. The first kappa shape index (κ1) is 32.9. The van der Waals surface area contributed by atoms with Crippen molar-refractivity contribution in [2.24, 2.45) is 0 Å². The van der Waals surface area contributed by atoms with Crippen molar-refractivity contribution in [1.82, 2.24) is 10.2 Å². The summed E-state index contributed by atoms with van der Waals surface area (Å²) >= 11 is 1.48. The minimum absolute atomic E-state index is 0.00740. The molecule has 0 aliphatic heterocycles. The number of halogens is 1. The van der Waals surface area contributed by atoms with E-state index in [1.165, 1.54) is 47.0 Å². The zero-order chi connectivity index (χ0) is 30.7. The van der Waals surface area contributed by atoms with Crippen LogP contribution in [-0.4, -0.2) is 57.1 Å². The molecule has 0 aromatic heterocycles. The summed E-state index contributed by atoms with van der Waals surface area (Å²) in [5, 5.41) is 2.81. The second-order valence-corrected chi connectivity index (χ2v) is 12.3. The Labute approximate surface area is 252 Å². The lowest BCUT2D eigenvalue weighted by Crippen LogP contribution is -2.51. The molecule has 11 heteroatoms. The van der Waals surface area contributed by atoms with Gasteiger partial charge in [0.05, 0.1) is 17.2 Å². The highest BCUT2D eigenvalue weighted by atomic mass is 32.2. The summed E-state index contributed by atoms with van der Waals surface area (Å²) in [6, 6.07) is 17.8. The fraction of sp³-hybridized carbons (Fsp3) is 0.355. The summed E-state index contributed by atoms with van der Waals surface area (Å²) in [4.78, 5) is 29.1. The number of unbranched alkanes of at least 4 members (excludes halogenated alkanes) is 1. The van der Waals surface area contributed by atoms with Crippen LogP contribution in [0.4, 0.5) is 10.1 Å². The molecule has 0 fully saturated rings. The number of amides is 2. The lowest BCUT2D eigenvalue weighted by molar-refractivity contribution is -0.139. The molecule has 3 aromatic carbocycles. The number of rotatable bonds is 15. The van der Waals surface area contributed by atoms with E-state index in [0.29, 0.717) is 18.9 Å². The molecule has 1 atom stereocenters. The van der Waals surface area contributed by atoms with Crippen molar-refractivity contribution in [2.75, 3.05) is 30.3 Å². The van der Waals surface area contributed by atoms with Crippen molar-refractivity contribution in [3.63, 3.8) is 0 Å². The van der Waals surface area contributed by atoms with Crippen LogP contribution >= 0.6 is 11.8 Å². The van der Waals surface area contributed by atoms with Gasteiger partial charge in [-0.05, 0) is 81.1 Å². The Kier molecular flexibility index (Phi) is 12.2. The summed E-state index contributed by atoms with van der Waals surface area (Å²) in [6.45, 7) is 5.43. The fourth-order valence-corrected chi connectivity index (χ4v) is 6.03. The van der Waals surface area contributed by atoms with Gasteiger partial charge in [0.25, 0.3) is 10.0 Å². The van der Waals surface area contributed by atoms with Crippen molar-refractivity contribution in [3.8, 4) is 5.75 Å². The van der Waals surface area contributed by atoms with Crippen molar-refractivity contribution in [3.05, 3.63) is 84.2 Å². The van der Waals surface area contributed by atoms with Crippen LogP contribution in [-0.2, 0) is 26.2 Å². The van der Waals surface area contributed by atoms with E-state index in [-0.39, 0.29) is 22.7 Å². The van der Waals surface area contributed by atoms with E-state index in [9.17, 15) is 22.4 Å². The number of nitrogens with zero attached hydrogens (tertiary/aromatic N) is 2. The van der Waals surface area contributed by atoms with Gasteiger partial charge in [-0.1, -0.05) is 31.5 Å². The van der Waals surface area contributed by atoms with E-state index in [1.807, 2.05) is 20.1 Å². The Morgan fingerprint density at radius 3 is 2.26 bits per heavy atom. The lowest BCUT2D eigenvalue weighted by atomic mass is 10.1. The number of carbonyl (C=O) groups excluding carboxylic acids is 2. The molecule has 0 spiro atoms. The maximum atomic E-state index is 14.7. The molecule has 0 unspecified atom stereocenters. The SMILES string of the molecule is CCCCNC(=O)[C@H](C)N(Cc1ccccc1F)C(=O)CN(c1ccc(OCC)cc1)S(=O)(=O)c1ccc(SC)cc1. The third-order valence-electron chi connectivity index (χ3n) is 6.66. The van der Waals surface area contributed by atoms with Gasteiger partial charge in [0, 0.05) is 23.5 Å². The molecule has 1 N–H and O–H groups in total. The Morgan fingerprint density at radius 2 is 1.67 bits per heavy atom. The van der Waals surface area contributed by atoms with Gasteiger partial charge >= 0.3 is 0 Å². The van der Waals surface area contributed by atoms with Crippen LogP contribution in [0.25, 0.3) is 0 Å². The van der Waals surface area contributed by atoms with Crippen LogP contribution in [0.2, 0.25) is 0 Å². The Bertz CT molecular complexity index is 1430. The average molecular weight is 616 g/mol. The molecule has 2 amide bonds. The monoisotopic (exact) mass is 615 g/mol. The normalized spacial score (nSPS) is 11.9. The first-order chi connectivity index (χ1) is 20.1. The topological polar surface area (TPSA) is 96.0 Å². The van der Waals surface area contributed by atoms with Crippen LogP contribution in [0.5, 0.6) is 5.75 Å². The van der Waals surface area contributed by atoms with E-state index in [4.69, 9.17) is 4.74 Å². The standard InChI is InChI=1S/C31H38FN3O5S2/c1-5-7-20-33-31(37)23(3)34(21-24-10-8-9-11-29(24)32)30(36)22-35(25-12-14-26(15-13-25)40-6-2)42(38,39)28-18-16-27(41-4)17-19-28/h8-19,23H,5-7,20-22H2,1-4H3,(H,33,37)/t23-/m0/s1. The van der Waals surface area contributed by atoms with E-state index < -0.39 is 40.2 Å². The minimum atomic E-state index is -4.22. The number of ether oxygens (including phenoxy) is 1. The molecular formula is C31H38FN3O5S2. The Hall–Kier alpha value is -3.57. The summed E-state index contributed by atoms with van der Waals surface area (Å²) in [7, 11) is -4.22. The minimum Gasteiger partial charge on any atom is -0.494 e. The van der Waals surface area contributed by atoms with Crippen LogP contribution in [0.3, 0.4) is 0 Å². The third kappa shape index (κ3) is 8.48. The molecule has 3 aromatic rings. The van der Waals surface area contributed by atoms with Crippen LogP contribution in [0.15, 0.2) is 82.6 Å². The van der Waals surface area contributed by atoms with Crippen LogP contribution in [0.1, 0.15) is 39.2 Å². The molecule has 226 valence electrons. The van der Waals surface area contributed by atoms with Gasteiger partial charge in [-0.3, -0.25) is 13.9 Å². The Morgan fingerprint density at radius 1 is 1.00 bits per heavy atom. The second-order valence-electron chi connectivity index (χ2n) is 9.55. The van der Waals surface area contributed by atoms with E-state index in [0.717, 1.165) is 22.0 Å². The molecule has 0 aliphatic rings. The molecule has 3 rings (SSSR count). The van der Waals surface area contributed by atoms with Crippen LogP contribution in [0, 0.1) is 5.82 Å². The maximum absolute atomic E-state index is 14.7. The summed E-state index contributed by atoms with van der Waals surface area (Å²) in [5.41, 5.74) is 0.453. The van der Waals surface area contributed by atoms with Crippen molar-refractivity contribution in [2.45, 2.75) is 56.0 Å². The highest BCUT2D eigenvalue weighted by Crippen LogP contribution is 2.28. The first-order valence-corrected chi connectivity index (χ1v) is 16.5. The van der Waals surface area contributed by atoms with Gasteiger partial charge < -0.3 is 15.0 Å². The number of sulfonamides is 1. The number of hydrogen-bond acceptors (Lipinski definition) is 6. The van der Waals surface area contributed by atoms with Gasteiger partial charge in [0.2, 0.25) is 11.8 Å². The molecule has 0 saturated heterocycles. The smallest absolute Gasteiger partial charge is 0.264 e. The Balaban J connectivity index is 2.02.